The minimum absolute atomic E-state index is 0.125. The zero-order valence-corrected chi connectivity index (χ0v) is 18.3. The van der Waals surface area contributed by atoms with Gasteiger partial charge in [0.25, 0.3) is 5.91 Å². The van der Waals surface area contributed by atoms with Gasteiger partial charge in [-0.1, -0.05) is 0 Å². The molecule has 4 aromatic rings. The van der Waals surface area contributed by atoms with Gasteiger partial charge in [-0.15, -0.1) is 0 Å². The SMILES string of the molecule is CN1CCCN(C(=O)c2c(NC3CC3)c3cccnc3n3c2nc2cc(F)c(F)cc23)CC1. The maximum atomic E-state index is 14.2. The van der Waals surface area contributed by atoms with E-state index < -0.39 is 11.6 Å². The first-order valence-corrected chi connectivity index (χ1v) is 11.3. The minimum Gasteiger partial charge on any atom is -0.381 e. The fourth-order valence-corrected chi connectivity index (χ4v) is 4.66. The summed E-state index contributed by atoms with van der Waals surface area (Å²) in [4.78, 5) is 27.2. The van der Waals surface area contributed by atoms with Crippen LogP contribution >= 0.6 is 0 Å². The van der Waals surface area contributed by atoms with E-state index in [1.165, 1.54) is 0 Å². The number of pyridine rings is 2. The van der Waals surface area contributed by atoms with Crippen LogP contribution in [-0.2, 0) is 0 Å². The Morgan fingerprint density at radius 3 is 2.73 bits per heavy atom. The third-order valence-electron chi connectivity index (χ3n) is 6.58. The first-order chi connectivity index (χ1) is 16.0. The van der Waals surface area contributed by atoms with Gasteiger partial charge >= 0.3 is 0 Å². The van der Waals surface area contributed by atoms with E-state index in [1.807, 2.05) is 17.0 Å². The topological polar surface area (TPSA) is 65.8 Å². The van der Waals surface area contributed by atoms with E-state index in [4.69, 9.17) is 0 Å². The number of rotatable bonds is 3. The maximum absolute atomic E-state index is 14.2. The number of hydrogen-bond acceptors (Lipinski definition) is 5. The number of nitrogens with one attached hydrogen (secondary N) is 1. The summed E-state index contributed by atoms with van der Waals surface area (Å²) >= 11 is 0. The Balaban J connectivity index is 1.66. The summed E-state index contributed by atoms with van der Waals surface area (Å²) in [5.74, 6) is -2.06. The Morgan fingerprint density at radius 2 is 1.91 bits per heavy atom. The number of halogens is 2. The Labute approximate surface area is 189 Å². The summed E-state index contributed by atoms with van der Waals surface area (Å²) in [5, 5.41) is 4.29. The molecule has 7 nitrogen and oxygen atoms in total. The van der Waals surface area contributed by atoms with Gasteiger partial charge < -0.3 is 15.1 Å². The normalized spacial score (nSPS) is 17.7. The van der Waals surface area contributed by atoms with Crippen molar-refractivity contribution in [2.24, 2.45) is 0 Å². The standard InChI is InChI=1S/C24H24F2N6O/c1-30-8-3-9-31(11-10-30)24(33)20-21(28-14-5-6-14)15-4-2-7-27-22(15)32-19-13-17(26)16(25)12-18(19)29-23(20)32/h2,4,7,12-14,28H,3,5-6,8-11H2,1H3. The molecule has 0 radical (unpaired) electrons. The number of carbonyl (C=O) groups is 1. The number of aromatic nitrogens is 3. The summed E-state index contributed by atoms with van der Waals surface area (Å²) < 4.78 is 30.0. The highest BCUT2D eigenvalue weighted by Crippen LogP contribution is 2.37. The summed E-state index contributed by atoms with van der Waals surface area (Å²) in [7, 11) is 2.05. The van der Waals surface area contributed by atoms with E-state index in [0.717, 1.165) is 49.9 Å². The Bertz CT molecular complexity index is 1410. The van der Waals surface area contributed by atoms with Crippen molar-refractivity contribution >= 4 is 39.3 Å². The van der Waals surface area contributed by atoms with Crippen LogP contribution in [0.2, 0.25) is 0 Å². The van der Waals surface area contributed by atoms with Gasteiger partial charge in [0.1, 0.15) is 11.2 Å². The molecule has 33 heavy (non-hydrogen) atoms. The van der Waals surface area contributed by atoms with Crippen molar-refractivity contribution in [2.75, 3.05) is 38.5 Å². The molecule has 1 aliphatic heterocycles. The molecule has 1 aromatic carbocycles. The lowest BCUT2D eigenvalue weighted by Crippen LogP contribution is -2.35. The number of nitrogens with zero attached hydrogens (tertiary/aromatic N) is 5. The number of benzene rings is 1. The molecule has 1 saturated carbocycles. The molecular weight excluding hydrogens is 426 g/mol. The molecule has 2 fully saturated rings. The van der Waals surface area contributed by atoms with Crippen LogP contribution in [0.3, 0.4) is 0 Å². The molecule has 170 valence electrons. The second-order valence-electron chi connectivity index (χ2n) is 9.02. The van der Waals surface area contributed by atoms with Crippen LogP contribution in [0.5, 0.6) is 0 Å². The number of anilines is 1. The number of likely N-dealkylation sites (N-methyl/N-ethyl adjacent to an activating group) is 1. The number of fused-ring (bicyclic) bond motifs is 5. The molecule has 2 aliphatic rings. The van der Waals surface area contributed by atoms with E-state index in [-0.39, 0.29) is 17.5 Å². The van der Waals surface area contributed by atoms with Crippen LogP contribution in [0, 0.1) is 11.6 Å². The van der Waals surface area contributed by atoms with Crippen LogP contribution < -0.4 is 5.32 Å². The van der Waals surface area contributed by atoms with Gasteiger partial charge in [-0.05, 0) is 45.0 Å². The minimum atomic E-state index is -0.970. The predicted octanol–water partition coefficient (Wildman–Crippen LogP) is 3.67. The molecule has 0 atom stereocenters. The molecule has 0 spiro atoms. The zero-order valence-electron chi connectivity index (χ0n) is 18.3. The van der Waals surface area contributed by atoms with Crippen LogP contribution in [0.1, 0.15) is 29.6 Å². The van der Waals surface area contributed by atoms with Gasteiger partial charge in [0, 0.05) is 49.4 Å². The van der Waals surface area contributed by atoms with Crippen molar-refractivity contribution in [3.05, 3.63) is 47.7 Å². The highest BCUT2D eigenvalue weighted by atomic mass is 19.2. The van der Waals surface area contributed by atoms with E-state index in [1.54, 1.807) is 10.6 Å². The second-order valence-corrected chi connectivity index (χ2v) is 9.02. The number of carbonyl (C=O) groups excluding carboxylic acids is 1. The lowest BCUT2D eigenvalue weighted by molar-refractivity contribution is 0.0765. The highest BCUT2D eigenvalue weighted by molar-refractivity contribution is 6.13. The Morgan fingerprint density at radius 1 is 1.09 bits per heavy atom. The van der Waals surface area contributed by atoms with Crippen LogP contribution in [0.15, 0.2) is 30.5 Å². The summed E-state index contributed by atoms with van der Waals surface area (Å²) in [6.07, 6.45) is 4.59. The number of amides is 1. The fraction of sp³-hybridized carbons (Fsp3) is 0.375. The predicted molar refractivity (Wildman–Crippen MR) is 123 cm³/mol. The largest absolute Gasteiger partial charge is 0.381 e. The first kappa shape index (κ1) is 20.3. The molecule has 1 aliphatic carbocycles. The lowest BCUT2D eigenvalue weighted by Gasteiger charge is -2.23. The average Bonchev–Trinajstić information content (AvgIpc) is 3.59. The van der Waals surface area contributed by atoms with Gasteiger partial charge in [0.15, 0.2) is 17.3 Å². The number of imidazole rings is 1. The summed E-state index contributed by atoms with van der Waals surface area (Å²) in [6.45, 7) is 2.97. The van der Waals surface area contributed by atoms with Crippen molar-refractivity contribution < 1.29 is 13.6 Å². The summed E-state index contributed by atoms with van der Waals surface area (Å²) in [6, 6.07) is 6.22. The smallest absolute Gasteiger partial charge is 0.259 e. The van der Waals surface area contributed by atoms with Crippen molar-refractivity contribution in [3.63, 3.8) is 0 Å². The summed E-state index contributed by atoms with van der Waals surface area (Å²) in [5.41, 5.74) is 2.73. The molecular formula is C24H24F2N6O. The van der Waals surface area contributed by atoms with Crippen molar-refractivity contribution in [1.29, 1.82) is 0 Å². The van der Waals surface area contributed by atoms with Gasteiger partial charge in [0.05, 0.1) is 16.7 Å². The van der Waals surface area contributed by atoms with Crippen LogP contribution in [0.25, 0.3) is 27.7 Å². The van der Waals surface area contributed by atoms with Gasteiger partial charge in [0.2, 0.25) is 0 Å². The number of hydrogen-bond donors (Lipinski definition) is 1. The van der Waals surface area contributed by atoms with E-state index in [2.05, 4.69) is 27.2 Å². The van der Waals surface area contributed by atoms with Crippen LogP contribution in [0.4, 0.5) is 14.5 Å². The van der Waals surface area contributed by atoms with E-state index in [0.29, 0.717) is 41.2 Å². The monoisotopic (exact) mass is 450 g/mol. The van der Waals surface area contributed by atoms with Gasteiger partial charge in [-0.2, -0.15) is 0 Å². The van der Waals surface area contributed by atoms with Gasteiger partial charge in [-0.25, -0.2) is 18.7 Å². The fourth-order valence-electron chi connectivity index (χ4n) is 4.66. The Kier molecular flexibility index (Phi) is 4.69. The third kappa shape index (κ3) is 3.38. The molecule has 1 N–H and O–H groups in total. The average molecular weight is 450 g/mol. The van der Waals surface area contributed by atoms with Gasteiger partial charge in [-0.3, -0.25) is 9.20 Å². The molecule has 3 aromatic heterocycles. The van der Waals surface area contributed by atoms with Crippen molar-refractivity contribution in [2.45, 2.75) is 25.3 Å². The maximum Gasteiger partial charge on any atom is 0.259 e. The highest BCUT2D eigenvalue weighted by Gasteiger charge is 2.31. The van der Waals surface area contributed by atoms with E-state index >= 15 is 0 Å². The van der Waals surface area contributed by atoms with Crippen molar-refractivity contribution in [3.8, 4) is 0 Å². The molecule has 1 saturated heterocycles. The molecule has 9 heteroatoms. The second kappa shape index (κ2) is 7.62. The lowest BCUT2D eigenvalue weighted by atomic mass is 10.1. The molecule has 0 bridgehead atoms. The molecule has 4 heterocycles. The molecule has 0 unspecified atom stereocenters. The first-order valence-electron chi connectivity index (χ1n) is 11.3. The quantitative estimate of drug-likeness (QED) is 0.516. The molecule has 1 amide bonds. The Hall–Kier alpha value is -3.33. The van der Waals surface area contributed by atoms with Crippen molar-refractivity contribution in [1.82, 2.24) is 24.2 Å². The van der Waals surface area contributed by atoms with Crippen LogP contribution in [-0.4, -0.2) is 69.3 Å². The third-order valence-corrected chi connectivity index (χ3v) is 6.58. The molecule has 6 rings (SSSR count). The zero-order chi connectivity index (χ0) is 22.7. The van der Waals surface area contributed by atoms with E-state index in [9.17, 15) is 13.6 Å².